The molecule has 6 heteroatoms. The Morgan fingerprint density at radius 1 is 0.312 bits per heavy atom. The molecule has 1 aliphatic rings. The average molecular weight is 836 g/mol. The Labute approximate surface area is 374 Å². The zero-order valence-corrected chi connectivity index (χ0v) is 35.3. The van der Waals surface area contributed by atoms with Crippen LogP contribution in [0.4, 0.5) is 17.1 Å². The summed E-state index contributed by atoms with van der Waals surface area (Å²) in [6.45, 7) is 0. The fourth-order valence-electron chi connectivity index (χ4n) is 9.70. The highest BCUT2D eigenvalue weighted by atomic mass is 32.2. The fraction of sp³-hybridized carbons (Fsp3) is 0. The van der Waals surface area contributed by atoms with Gasteiger partial charge < -0.3 is 14.0 Å². The van der Waals surface area contributed by atoms with E-state index in [-0.39, 0.29) is 0 Å². The molecule has 0 bridgehead atoms. The Morgan fingerprint density at radius 3 is 1.16 bits per heavy atom. The highest BCUT2D eigenvalue weighted by molar-refractivity contribution is 7.99. The summed E-state index contributed by atoms with van der Waals surface area (Å²) in [5.74, 6) is 0.675. The molecular formula is C58H37N5S. The molecule has 0 spiro atoms. The molecule has 300 valence electrons. The monoisotopic (exact) mass is 835 g/mol. The molecule has 0 radical (unpaired) electrons. The van der Waals surface area contributed by atoms with Crippen LogP contribution in [0.3, 0.4) is 0 Å². The van der Waals surface area contributed by atoms with Gasteiger partial charge in [-0.3, -0.25) is 0 Å². The third-order valence-corrected chi connectivity index (χ3v) is 13.6. The minimum atomic E-state index is 0.675. The summed E-state index contributed by atoms with van der Waals surface area (Å²) < 4.78 is 4.95. The van der Waals surface area contributed by atoms with Crippen LogP contribution in [0, 0.1) is 0 Å². The minimum Gasteiger partial charge on any atom is -0.307 e. The second-order valence-electron chi connectivity index (χ2n) is 16.2. The SMILES string of the molecule is c1ccc(-c2cc(-c3cc(-n4c5ccccc5c5ccccc54)c(N4c5ccccc5Sc5ccccc54)c(-n4c5ccccc5c5ccccc54)c3)nc(-c3ccccc3)n2)cc1. The van der Waals surface area contributed by atoms with Gasteiger partial charge in [-0.2, -0.15) is 0 Å². The molecule has 0 fully saturated rings. The molecule has 1 aliphatic heterocycles. The number of rotatable bonds is 6. The van der Waals surface area contributed by atoms with Crippen LogP contribution in [-0.4, -0.2) is 19.1 Å². The van der Waals surface area contributed by atoms with Crippen molar-refractivity contribution in [2.75, 3.05) is 4.90 Å². The van der Waals surface area contributed by atoms with Crippen LogP contribution >= 0.6 is 11.8 Å². The minimum absolute atomic E-state index is 0.675. The van der Waals surface area contributed by atoms with Gasteiger partial charge in [0.05, 0.1) is 61.9 Å². The van der Waals surface area contributed by atoms with Crippen LogP contribution < -0.4 is 4.90 Å². The van der Waals surface area contributed by atoms with Crippen molar-refractivity contribution in [1.82, 2.24) is 19.1 Å². The number of para-hydroxylation sites is 6. The molecule has 0 atom stereocenters. The van der Waals surface area contributed by atoms with Gasteiger partial charge in [0.1, 0.15) is 0 Å². The van der Waals surface area contributed by atoms with Gasteiger partial charge in [-0.15, -0.1) is 0 Å². The van der Waals surface area contributed by atoms with Crippen LogP contribution in [0.1, 0.15) is 0 Å². The standard InChI is InChI=1S/C58H37N5S/c1-3-19-38(20-4-1)45-37-46(60-58(59-45)39-21-5-2-6-22-39)40-35-53(61-47-27-11-7-23-41(47)42-24-8-12-28-48(42)61)57(63-51-31-15-17-33-55(51)64-56-34-18-16-32-52(56)63)54(36-40)62-49-29-13-9-25-43(49)44-26-10-14-30-50(44)62/h1-37H. The lowest BCUT2D eigenvalue weighted by molar-refractivity contribution is 1.08. The maximum atomic E-state index is 5.46. The van der Waals surface area contributed by atoms with E-state index >= 15 is 0 Å². The van der Waals surface area contributed by atoms with E-state index in [1.165, 1.54) is 31.3 Å². The molecular weight excluding hydrogens is 799 g/mol. The maximum Gasteiger partial charge on any atom is 0.160 e. The van der Waals surface area contributed by atoms with Crippen molar-refractivity contribution in [3.63, 3.8) is 0 Å². The Hall–Kier alpha value is -8.19. The van der Waals surface area contributed by atoms with E-state index in [0.717, 1.165) is 78.6 Å². The first-order chi connectivity index (χ1) is 31.8. The van der Waals surface area contributed by atoms with E-state index in [4.69, 9.17) is 9.97 Å². The molecule has 64 heavy (non-hydrogen) atoms. The van der Waals surface area contributed by atoms with Gasteiger partial charge in [-0.1, -0.05) is 169 Å². The molecule has 4 heterocycles. The van der Waals surface area contributed by atoms with E-state index in [0.29, 0.717) is 5.82 Å². The van der Waals surface area contributed by atoms with Gasteiger partial charge in [0.15, 0.2) is 5.82 Å². The van der Waals surface area contributed by atoms with Crippen molar-refractivity contribution in [3.05, 3.63) is 224 Å². The van der Waals surface area contributed by atoms with Gasteiger partial charge in [0.2, 0.25) is 0 Å². The van der Waals surface area contributed by atoms with E-state index in [2.05, 4.69) is 226 Å². The molecule has 3 aromatic heterocycles. The number of hydrogen-bond acceptors (Lipinski definition) is 4. The summed E-state index contributed by atoms with van der Waals surface area (Å²) >= 11 is 1.82. The summed E-state index contributed by atoms with van der Waals surface area (Å²) in [4.78, 5) is 15.6. The number of fused-ring (bicyclic) bond motifs is 8. The first-order valence-corrected chi connectivity index (χ1v) is 22.4. The normalized spacial score (nSPS) is 12.3. The largest absolute Gasteiger partial charge is 0.307 e. The molecule has 0 amide bonds. The van der Waals surface area contributed by atoms with Crippen molar-refractivity contribution in [2.45, 2.75) is 9.79 Å². The number of benzene rings is 9. The number of hydrogen-bond donors (Lipinski definition) is 0. The Morgan fingerprint density at radius 2 is 0.688 bits per heavy atom. The van der Waals surface area contributed by atoms with Crippen molar-refractivity contribution in [1.29, 1.82) is 0 Å². The summed E-state index contributed by atoms with van der Waals surface area (Å²) in [7, 11) is 0. The lowest BCUT2D eigenvalue weighted by Crippen LogP contribution is -2.19. The molecule has 0 unspecified atom stereocenters. The van der Waals surface area contributed by atoms with Crippen molar-refractivity contribution in [2.24, 2.45) is 0 Å². The maximum absolute atomic E-state index is 5.46. The van der Waals surface area contributed by atoms with Gasteiger partial charge in [0, 0.05) is 48.0 Å². The lowest BCUT2D eigenvalue weighted by Gasteiger charge is -2.36. The predicted octanol–water partition coefficient (Wildman–Crippen LogP) is 15.6. The molecule has 9 aromatic carbocycles. The highest BCUT2D eigenvalue weighted by Crippen LogP contribution is 2.55. The van der Waals surface area contributed by atoms with E-state index < -0.39 is 0 Å². The van der Waals surface area contributed by atoms with Crippen molar-refractivity contribution >= 4 is 72.4 Å². The van der Waals surface area contributed by atoms with Crippen molar-refractivity contribution < 1.29 is 0 Å². The first kappa shape index (κ1) is 36.5. The summed E-state index contributed by atoms with van der Waals surface area (Å²) in [5.41, 5.74) is 14.5. The molecule has 0 aliphatic carbocycles. The van der Waals surface area contributed by atoms with Crippen LogP contribution in [0.25, 0.3) is 88.9 Å². The van der Waals surface area contributed by atoms with Crippen LogP contribution in [0.2, 0.25) is 0 Å². The fourth-order valence-corrected chi connectivity index (χ4v) is 10.8. The Balaban J connectivity index is 1.24. The second kappa shape index (κ2) is 14.7. The van der Waals surface area contributed by atoms with Gasteiger partial charge in [-0.25, -0.2) is 9.97 Å². The van der Waals surface area contributed by atoms with Gasteiger partial charge in [0.25, 0.3) is 0 Å². The molecule has 13 rings (SSSR count). The topological polar surface area (TPSA) is 38.9 Å². The van der Waals surface area contributed by atoms with E-state index in [1.807, 2.05) is 23.9 Å². The summed E-state index contributed by atoms with van der Waals surface area (Å²) in [5, 5.41) is 4.79. The second-order valence-corrected chi connectivity index (χ2v) is 17.3. The molecule has 5 nitrogen and oxygen atoms in total. The number of nitrogens with zero attached hydrogens (tertiary/aromatic N) is 5. The number of anilines is 3. The van der Waals surface area contributed by atoms with E-state index in [1.54, 1.807) is 0 Å². The highest BCUT2D eigenvalue weighted by Gasteiger charge is 2.32. The third-order valence-electron chi connectivity index (χ3n) is 12.5. The summed E-state index contributed by atoms with van der Waals surface area (Å²) in [6.07, 6.45) is 0. The average Bonchev–Trinajstić information content (AvgIpc) is 3.89. The van der Waals surface area contributed by atoms with Gasteiger partial charge >= 0.3 is 0 Å². The van der Waals surface area contributed by atoms with Crippen LogP contribution in [0.15, 0.2) is 234 Å². The molecule has 12 aromatic rings. The Kier molecular flexibility index (Phi) is 8.39. The van der Waals surface area contributed by atoms with Crippen molar-refractivity contribution in [3.8, 4) is 45.3 Å². The Bertz CT molecular complexity index is 3430. The predicted molar refractivity (Wildman–Crippen MR) is 266 cm³/mol. The molecule has 0 saturated carbocycles. The van der Waals surface area contributed by atoms with E-state index in [9.17, 15) is 0 Å². The third kappa shape index (κ3) is 5.73. The van der Waals surface area contributed by atoms with Crippen LogP contribution in [0.5, 0.6) is 0 Å². The van der Waals surface area contributed by atoms with Gasteiger partial charge in [-0.05, 0) is 66.7 Å². The quantitative estimate of drug-likeness (QED) is 0.167. The molecule has 0 N–H and O–H groups in total. The van der Waals surface area contributed by atoms with Crippen LogP contribution in [-0.2, 0) is 0 Å². The molecule has 0 saturated heterocycles. The lowest BCUT2D eigenvalue weighted by atomic mass is 10.0. The summed E-state index contributed by atoms with van der Waals surface area (Å²) in [6, 6.07) is 80.5. The first-order valence-electron chi connectivity index (χ1n) is 21.6. The number of aromatic nitrogens is 4. The smallest absolute Gasteiger partial charge is 0.160 e. The zero-order chi connectivity index (χ0) is 42.1. The zero-order valence-electron chi connectivity index (χ0n) is 34.5.